The zero-order chi connectivity index (χ0) is 17.1. The number of hydrogen-bond donors (Lipinski definition) is 0. The summed E-state index contributed by atoms with van der Waals surface area (Å²) in [5.74, 6) is 0. The van der Waals surface area contributed by atoms with Crippen molar-refractivity contribution in [2.24, 2.45) is 0 Å². The van der Waals surface area contributed by atoms with Crippen LogP contribution in [0.4, 0.5) is 0 Å². The molecule has 0 N–H and O–H groups in total. The summed E-state index contributed by atoms with van der Waals surface area (Å²) in [7, 11) is -8.01. The Morgan fingerprint density at radius 3 is 1.14 bits per heavy atom. The van der Waals surface area contributed by atoms with Gasteiger partial charge in [0.2, 0.25) is 4.86 Å². The number of rotatable bonds is 14. The average Bonchev–Trinajstić information content (AvgIpc) is 2.53. The highest BCUT2D eigenvalue weighted by Gasteiger charge is 2.50. The summed E-state index contributed by atoms with van der Waals surface area (Å²) in [4.78, 5) is -1.65. The van der Waals surface area contributed by atoms with Gasteiger partial charge in [-0.3, -0.25) is 9.13 Å². The second kappa shape index (κ2) is 11.1. The van der Waals surface area contributed by atoms with Crippen molar-refractivity contribution in [2.75, 3.05) is 26.4 Å². The fourth-order valence-electron chi connectivity index (χ4n) is 1.12. The quantitative estimate of drug-likeness (QED) is 0.250. The van der Waals surface area contributed by atoms with Crippen LogP contribution in [0.15, 0.2) is 50.6 Å². The summed E-state index contributed by atoms with van der Waals surface area (Å²) in [5, 5.41) is 0. The lowest BCUT2D eigenvalue weighted by Gasteiger charge is -2.27. The van der Waals surface area contributed by atoms with E-state index in [-0.39, 0.29) is 26.4 Å². The van der Waals surface area contributed by atoms with Gasteiger partial charge in [-0.2, -0.15) is 0 Å². The van der Waals surface area contributed by atoms with E-state index in [9.17, 15) is 9.13 Å². The third-order valence-electron chi connectivity index (χ3n) is 2.01. The molecule has 0 bridgehead atoms. The molecule has 0 amide bonds. The molecule has 22 heavy (non-hydrogen) atoms. The molecule has 0 unspecified atom stereocenters. The van der Waals surface area contributed by atoms with Crippen molar-refractivity contribution in [3.8, 4) is 0 Å². The van der Waals surface area contributed by atoms with Gasteiger partial charge in [-0.05, 0) is 0 Å². The van der Waals surface area contributed by atoms with E-state index in [0.29, 0.717) is 0 Å². The van der Waals surface area contributed by atoms with Crippen LogP contribution in [-0.4, -0.2) is 31.3 Å². The molecule has 126 valence electrons. The van der Waals surface area contributed by atoms with Gasteiger partial charge in [-0.15, -0.1) is 26.3 Å². The fraction of sp³-hybridized carbons (Fsp3) is 0.385. The van der Waals surface area contributed by atoms with Crippen LogP contribution >= 0.6 is 26.8 Å². The Hall–Kier alpha value is -0.450. The molecule has 0 aliphatic rings. The Morgan fingerprint density at radius 1 is 0.727 bits per heavy atom. The van der Waals surface area contributed by atoms with E-state index in [0.717, 1.165) is 0 Å². The molecule has 0 saturated heterocycles. The summed E-state index contributed by atoms with van der Waals surface area (Å²) in [5.41, 5.74) is 0. The second-order valence-electron chi connectivity index (χ2n) is 3.73. The summed E-state index contributed by atoms with van der Waals surface area (Å²) in [6.07, 6.45) is 5.42. The minimum atomic E-state index is -4.00. The molecule has 0 aliphatic carbocycles. The summed E-state index contributed by atoms with van der Waals surface area (Å²) < 4.78 is 45.9. The molecule has 9 heteroatoms. The fourth-order valence-corrected chi connectivity index (χ4v) is 5.88. The highest BCUT2D eigenvalue weighted by atomic mass is 35.5. The van der Waals surface area contributed by atoms with Crippen molar-refractivity contribution in [3.05, 3.63) is 50.6 Å². The lowest BCUT2D eigenvalue weighted by Crippen LogP contribution is -2.13. The van der Waals surface area contributed by atoms with E-state index in [4.69, 9.17) is 29.7 Å². The standard InChI is InChI=1S/C13H21ClO6P2/c1-5-9-17-21(15,18-10-6-2)13(14)22(16,19-11-7-3)20-12-8-4/h5-8,13H,1-4,9-12H2. The molecule has 0 radical (unpaired) electrons. The smallest absolute Gasteiger partial charge is 0.303 e. The van der Waals surface area contributed by atoms with Gasteiger partial charge in [-0.1, -0.05) is 35.9 Å². The molecule has 0 aromatic rings. The third kappa shape index (κ3) is 6.76. The van der Waals surface area contributed by atoms with Crippen LogP contribution < -0.4 is 0 Å². The SMILES string of the molecule is C=CCOP(=O)(OCC=C)C(Cl)P(=O)(OCC=C)OCC=C. The van der Waals surface area contributed by atoms with Gasteiger partial charge < -0.3 is 18.1 Å². The van der Waals surface area contributed by atoms with Crippen LogP contribution in [0.3, 0.4) is 0 Å². The molecule has 0 fully saturated rings. The molecule has 0 atom stereocenters. The first-order valence-corrected chi connectivity index (χ1v) is 9.91. The molecule has 6 nitrogen and oxygen atoms in total. The van der Waals surface area contributed by atoms with Crippen LogP contribution in [0, 0.1) is 0 Å². The van der Waals surface area contributed by atoms with Crippen molar-refractivity contribution < 1.29 is 27.2 Å². The zero-order valence-corrected chi connectivity index (χ0v) is 14.8. The van der Waals surface area contributed by atoms with Gasteiger partial charge in [0.25, 0.3) is 0 Å². The highest BCUT2D eigenvalue weighted by Crippen LogP contribution is 2.72. The maximum absolute atomic E-state index is 12.7. The van der Waals surface area contributed by atoms with Crippen molar-refractivity contribution in [1.29, 1.82) is 0 Å². The second-order valence-corrected chi connectivity index (χ2v) is 9.41. The van der Waals surface area contributed by atoms with Crippen LogP contribution in [-0.2, 0) is 27.2 Å². The number of hydrogen-bond acceptors (Lipinski definition) is 6. The molecular weight excluding hydrogens is 350 g/mol. The van der Waals surface area contributed by atoms with E-state index in [1.54, 1.807) is 0 Å². The Kier molecular flexibility index (Phi) is 10.9. The molecule has 0 aliphatic heterocycles. The normalized spacial score (nSPS) is 12.1. The third-order valence-corrected chi connectivity index (χ3v) is 8.22. The Bertz CT molecular complexity index is 405. The predicted molar refractivity (Wildman–Crippen MR) is 89.5 cm³/mol. The molecule has 0 aromatic heterocycles. The summed E-state index contributed by atoms with van der Waals surface area (Å²) in [6.45, 7) is 13.3. The van der Waals surface area contributed by atoms with E-state index in [1.165, 1.54) is 24.3 Å². The molecule has 0 saturated carbocycles. The maximum atomic E-state index is 12.7. The summed E-state index contributed by atoms with van der Waals surface area (Å²) >= 11 is 6.07. The first-order chi connectivity index (χ1) is 10.4. The largest absolute Gasteiger partial charge is 0.361 e. The van der Waals surface area contributed by atoms with Crippen LogP contribution in [0.25, 0.3) is 0 Å². The number of alkyl halides is 1. The van der Waals surface area contributed by atoms with Crippen molar-refractivity contribution in [1.82, 2.24) is 0 Å². The van der Waals surface area contributed by atoms with Crippen molar-refractivity contribution in [2.45, 2.75) is 4.86 Å². The summed E-state index contributed by atoms with van der Waals surface area (Å²) in [6, 6.07) is 0. The molecule has 0 aromatic carbocycles. The Balaban J connectivity index is 5.41. The van der Waals surface area contributed by atoms with Crippen LogP contribution in [0.5, 0.6) is 0 Å². The average molecular weight is 371 g/mol. The topological polar surface area (TPSA) is 71.1 Å². The zero-order valence-electron chi connectivity index (χ0n) is 12.3. The minimum absolute atomic E-state index is 0.111. The van der Waals surface area contributed by atoms with Gasteiger partial charge in [0.1, 0.15) is 0 Å². The van der Waals surface area contributed by atoms with Crippen molar-refractivity contribution in [3.63, 3.8) is 0 Å². The van der Waals surface area contributed by atoms with E-state index >= 15 is 0 Å². The molecule has 0 heterocycles. The van der Waals surface area contributed by atoms with E-state index < -0.39 is 20.1 Å². The van der Waals surface area contributed by atoms with E-state index in [2.05, 4.69) is 26.3 Å². The highest BCUT2D eigenvalue weighted by molar-refractivity contribution is 7.75. The maximum Gasteiger partial charge on any atom is 0.361 e. The van der Waals surface area contributed by atoms with Gasteiger partial charge >= 0.3 is 15.2 Å². The number of halogens is 1. The molecule has 0 rings (SSSR count). The molecular formula is C13H21ClO6P2. The van der Waals surface area contributed by atoms with Gasteiger partial charge in [0, 0.05) is 0 Å². The first kappa shape index (κ1) is 21.6. The lowest BCUT2D eigenvalue weighted by atomic mass is 10.7. The van der Waals surface area contributed by atoms with Gasteiger partial charge in [-0.25, -0.2) is 0 Å². The van der Waals surface area contributed by atoms with Crippen molar-refractivity contribution >= 4 is 26.8 Å². The Morgan fingerprint density at radius 2 is 0.955 bits per heavy atom. The van der Waals surface area contributed by atoms with E-state index in [1.807, 2.05) is 0 Å². The van der Waals surface area contributed by atoms with Gasteiger partial charge in [0.05, 0.1) is 26.4 Å². The van der Waals surface area contributed by atoms with Gasteiger partial charge in [0.15, 0.2) is 0 Å². The predicted octanol–water partition coefficient (Wildman–Crippen LogP) is 4.71. The lowest BCUT2D eigenvalue weighted by molar-refractivity contribution is 0.219. The van der Waals surface area contributed by atoms with Crippen LogP contribution in [0.2, 0.25) is 0 Å². The Labute approximate surface area is 136 Å². The van der Waals surface area contributed by atoms with Crippen LogP contribution in [0.1, 0.15) is 0 Å². The minimum Gasteiger partial charge on any atom is -0.303 e. The monoisotopic (exact) mass is 370 g/mol. The molecule has 0 spiro atoms. The first-order valence-electron chi connectivity index (χ1n) is 6.25.